The Hall–Kier alpha value is -2.70. The van der Waals surface area contributed by atoms with E-state index in [2.05, 4.69) is 15.5 Å². The number of ether oxygens (including phenoxy) is 1. The normalized spacial score (nSPS) is 11.4. The summed E-state index contributed by atoms with van der Waals surface area (Å²) in [6.07, 6.45) is 0. The zero-order valence-electron chi connectivity index (χ0n) is 21.0. The number of rotatable bonds is 7. The molecule has 0 atom stereocenters. The summed E-state index contributed by atoms with van der Waals surface area (Å²) in [7, 11) is -4.59. The Labute approximate surface area is 256 Å². The number of nitrogens with one attached hydrogen (secondary N) is 1. The first-order chi connectivity index (χ1) is 18.0. The van der Waals surface area contributed by atoms with Crippen molar-refractivity contribution >= 4 is 67.1 Å². The van der Waals surface area contributed by atoms with E-state index < -0.39 is 26.7 Å². The number of anilines is 1. The van der Waals surface area contributed by atoms with Crippen LogP contribution in [-0.4, -0.2) is 25.5 Å². The van der Waals surface area contributed by atoms with Crippen molar-refractivity contribution in [3.8, 4) is 11.5 Å². The predicted molar refractivity (Wildman–Crippen MR) is 144 cm³/mol. The first-order valence-electron chi connectivity index (χ1n) is 11.2. The molecule has 0 aliphatic heterocycles. The SMILES string of the molecule is CCOc1cccc(Cl)c1NC(=O)c1cc2ccccc2c(N=Nc2cc(Cl)cc(S(=O)(=O)O)c2C)c1[O-].[Na+]. The molecule has 0 aliphatic carbocycles. The summed E-state index contributed by atoms with van der Waals surface area (Å²) in [6, 6.07) is 15.5. The number of carbonyl (C=O) groups excluding carboxylic acids is 1. The molecule has 0 fully saturated rings. The second kappa shape index (κ2) is 12.6. The fourth-order valence-corrected chi connectivity index (χ4v) is 5.03. The summed E-state index contributed by atoms with van der Waals surface area (Å²) in [5.41, 5.74) is -0.0647. The maximum Gasteiger partial charge on any atom is 1.00 e. The van der Waals surface area contributed by atoms with E-state index in [4.69, 9.17) is 27.9 Å². The summed E-state index contributed by atoms with van der Waals surface area (Å²) < 4.78 is 38.5. The fourth-order valence-electron chi connectivity index (χ4n) is 3.78. The van der Waals surface area contributed by atoms with Gasteiger partial charge in [-0.05, 0) is 55.1 Å². The summed E-state index contributed by atoms with van der Waals surface area (Å²) in [6.45, 7) is 3.52. The number of nitrogens with zero attached hydrogens (tertiary/aromatic N) is 2. The number of halogens is 2. The van der Waals surface area contributed by atoms with Crippen LogP contribution in [0.25, 0.3) is 10.8 Å². The molecule has 0 aromatic heterocycles. The zero-order valence-corrected chi connectivity index (χ0v) is 25.4. The number of amides is 1. The van der Waals surface area contributed by atoms with Crippen molar-refractivity contribution in [2.75, 3.05) is 11.9 Å². The molecule has 1 amide bonds. The van der Waals surface area contributed by atoms with Gasteiger partial charge in [0, 0.05) is 16.0 Å². The van der Waals surface area contributed by atoms with E-state index in [-0.39, 0.29) is 67.8 Å². The summed E-state index contributed by atoms with van der Waals surface area (Å²) >= 11 is 12.3. The smallest absolute Gasteiger partial charge is 0.870 e. The number of benzene rings is 4. The van der Waals surface area contributed by atoms with Crippen LogP contribution < -0.4 is 44.7 Å². The van der Waals surface area contributed by atoms with Crippen LogP contribution in [0, 0.1) is 6.92 Å². The van der Waals surface area contributed by atoms with E-state index in [1.165, 1.54) is 19.1 Å². The number of fused-ring (bicyclic) bond motifs is 1. The third-order valence-electron chi connectivity index (χ3n) is 5.57. The molecular formula is C26H20Cl2N3NaO6S. The van der Waals surface area contributed by atoms with Gasteiger partial charge >= 0.3 is 29.6 Å². The van der Waals surface area contributed by atoms with E-state index in [0.717, 1.165) is 6.07 Å². The van der Waals surface area contributed by atoms with Gasteiger partial charge in [0.15, 0.2) is 0 Å². The molecule has 4 aromatic rings. The minimum absolute atomic E-state index is 0. The minimum atomic E-state index is -4.59. The molecule has 0 aliphatic rings. The van der Waals surface area contributed by atoms with Crippen molar-refractivity contribution in [1.82, 2.24) is 0 Å². The van der Waals surface area contributed by atoms with Gasteiger partial charge in [-0.3, -0.25) is 9.35 Å². The third kappa shape index (κ3) is 6.72. The van der Waals surface area contributed by atoms with Crippen LogP contribution in [0.2, 0.25) is 10.0 Å². The van der Waals surface area contributed by atoms with E-state index in [9.17, 15) is 22.9 Å². The van der Waals surface area contributed by atoms with Crippen molar-refractivity contribution in [2.45, 2.75) is 18.7 Å². The number of hydrogen-bond donors (Lipinski definition) is 2. The van der Waals surface area contributed by atoms with E-state index >= 15 is 0 Å². The Morgan fingerprint density at radius 2 is 1.79 bits per heavy atom. The molecule has 0 radical (unpaired) electrons. The second-order valence-electron chi connectivity index (χ2n) is 8.05. The number of hydrogen-bond acceptors (Lipinski definition) is 7. The van der Waals surface area contributed by atoms with Crippen LogP contribution in [0.4, 0.5) is 17.1 Å². The van der Waals surface area contributed by atoms with E-state index in [0.29, 0.717) is 23.1 Å². The number of carbonyl (C=O) groups is 1. The molecule has 4 aromatic carbocycles. The molecule has 0 saturated carbocycles. The average Bonchev–Trinajstić information content (AvgIpc) is 2.86. The second-order valence-corrected chi connectivity index (χ2v) is 10.3. The fraction of sp³-hybridized carbons (Fsp3) is 0.115. The van der Waals surface area contributed by atoms with E-state index in [1.54, 1.807) is 49.4 Å². The molecule has 0 unspecified atom stereocenters. The van der Waals surface area contributed by atoms with Crippen molar-refractivity contribution in [3.05, 3.63) is 81.8 Å². The molecule has 9 nitrogen and oxygen atoms in total. The van der Waals surface area contributed by atoms with Gasteiger partial charge in [0.2, 0.25) is 0 Å². The Morgan fingerprint density at radius 3 is 2.49 bits per heavy atom. The predicted octanol–water partition coefficient (Wildman–Crippen LogP) is 3.85. The maximum atomic E-state index is 13.5. The third-order valence-corrected chi connectivity index (χ3v) is 7.08. The molecule has 39 heavy (non-hydrogen) atoms. The van der Waals surface area contributed by atoms with Gasteiger partial charge in [-0.2, -0.15) is 18.6 Å². The molecule has 4 rings (SSSR count). The van der Waals surface area contributed by atoms with Crippen LogP contribution in [0.3, 0.4) is 0 Å². The van der Waals surface area contributed by atoms with Crippen LogP contribution in [-0.2, 0) is 10.1 Å². The Bertz CT molecular complexity index is 1710. The molecular weight excluding hydrogens is 576 g/mol. The maximum absolute atomic E-state index is 13.5. The Balaban J connectivity index is 0.00000420. The summed E-state index contributed by atoms with van der Waals surface area (Å²) in [5, 5.41) is 25.4. The van der Waals surface area contributed by atoms with Gasteiger partial charge in [0.25, 0.3) is 16.0 Å². The molecule has 0 spiro atoms. The molecule has 0 heterocycles. The summed E-state index contributed by atoms with van der Waals surface area (Å²) in [5.74, 6) is -1.11. The van der Waals surface area contributed by atoms with E-state index in [1.807, 2.05) is 0 Å². The van der Waals surface area contributed by atoms with Gasteiger partial charge in [-0.25, -0.2) is 0 Å². The number of para-hydroxylation sites is 1. The van der Waals surface area contributed by atoms with Gasteiger partial charge in [0.05, 0.1) is 23.0 Å². The number of azo groups is 1. The van der Waals surface area contributed by atoms with Crippen molar-refractivity contribution in [1.29, 1.82) is 0 Å². The van der Waals surface area contributed by atoms with Crippen molar-refractivity contribution in [2.24, 2.45) is 10.2 Å². The van der Waals surface area contributed by atoms with Crippen molar-refractivity contribution in [3.63, 3.8) is 0 Å². The average molecular weight is 596 g/mol. The van der Waals surface area contributed by atoms with Crippen LogP contribution in [0.5, 0.6) is 11.5 Å². The minimum Gasteiger partial charge on any atom is -0.870 e. The first kappa shape index (κ1) is 30.8. The van der Waals surface area contributed by atoms with Gasteiger partial charge < -0.3 is 15.2 Å². The summed E-state index contributed by atoms with van der Waals surface area (Å²) in [4.78, 5) is 12.8. The molecule has 13 heteroatoms. The zero-order chi connectivity index (χ0) is 27.6. The Morgan fingerprint density at radius 1 is 1.08 bits per heavy atom. The van der Waals surface area contributed by atoms with Gasteiger partial charge in [-0.15, -0.1) is 0 Å². The molecule has 196 valence electrons. The monoisotopic (exact) mass is 595 g/mol. The van der Waals surface area contributed by atoms with Gasteiger partial charge in [0.1, 0.15) is 16.3 Å². The first-order valence-corrected chi connectivity index (χ1v) is 13.4. The van der Waals surface area contributed by atoms with Crippen LogP contribution in [0.1, 0.15) is 22.8 Å². The van der Waals surface area contributed by atoms with Gasteiger partial charge in [-0.1, -0.05) is 59.3 Å². The quantitative estimate of drug-likeness (QED) is 0.189. The standard InChI is InChI=1S/C26H21Cl2N3O6S.Na/c1-3-37-21-10-6-9-19(28)24(21)29-26(33)18-11-15-7-4-5-8-17(15)23(25(18)32)31-30-20-12-16(27)13-22(14(20)2)38(34,35)36;/h4-13,32H,3H2,1-2H3,(H,29,33)(H,34,35,36);/q;+1/p-1. The molecule has 0 bridgehead atoms. The Kier molecular flexibility index (Phi) is 10.0. The van der Waals surface area contributed by atoms with Crippen LogP contribution >= 0.6 is 23.2 Å². The van der Waals surface area contributed by atoms with Crippen LogP contribution in [0.15, 0.2) is 75.8 Å². The molecule has 2 N–H and O–H groups in total. The topological polar surface area (TPSA) is 140 Å². The largest absolute Gasteiger partial charge is 1.00 e. The molecule has 0 saturated heterocycles. The van der Waals surface area contributed by atoms with Crippen molar-refractivity contribution < 1.29 is 57.2 Å².